The summed E-state index contributed by atoms with van der Waals surface area (Å²) < 4.78 is 5.22. The van der Waals surface area contributed by atoms with Gasteiger partial charge in [-0.3, -0.25) is 5.32 Å². The Labute approximate surface area is 164 Å². The Balaban J connectivity index is 1.62. The number of amides is 2. The Bertz CT molecular complexity index is 765. The molecule has 0 saturated heterocycles. The number of carbonyl (C=O) groups excluding carboxylic acids is 1. The summed E-state index contributed by atoms with van der Waals surface area (Å²) >= 11 is 1.42. The predicted octanol–water partition coefficient (Wildman–Crippen LogP) is 3.90. The van der Waals surface area contributed by atoms with E-state index in [4.69, 9.17) is 4.74 Å². The van der Waals surface area contributed by atoms with Crippen molar-refractivity contribution in [2.45, 2.75) is 57.1 Å². The van der Waals surface area contributed by atoms with Gasteiger partial charge in [-0.05, 0) is 43.4 Å². The van der Waals surface area contributed by atoms with E-state index in [1.54, 1.807) is 7.11 Å². The van der Waals surface area contributed by atoms with Gasteiger partial charge in [0.05, 0.1) is 18.9 Å². The zero-order valence-electron chi connectivity index (χ0n) is 16.0. The number of aliphatic hydroxyl groups excluding tert-OH is 1. The van der Waals surface area contributed by atoms with Crippen LogP contribution in [-0.4, -0.2) is 35.4 Å². The van der Waals surface area contributed by atoms with Crippen LogP contribution in [-0.2, 0) is 5.41 Å². The first kappa shape index (κ1) is 19.6. The number of rotatable bonds is 5. The number of ether oxygens (including phenoxy) is 1. The number of benzene rings is 1. The van der Waals surface area contributed by atoms with Crippen molar-refractivity contribution in [3.8, 4) is 5.75 Å². The van der Waals surface area contributed by atoms with E-state index in [0.717, 1.165) is 42.7 Å². The molecule has 146 valence electrons. The smallest absolute Gasteiger partial charge is 0.321 e. The number of urea groups is 1. The van der Waals surface area contributed by atoms with Gasteiger partial charge in [-0.15, -0.1) is 11.3 Å². The van der Waals surface area contributed by atoms with Crippen LogP contribution in [0.5, 0.6) is 5.75 Å². The highest BCUT2D eigenvalue weighted by Crippen LogP contribution is 2.34. The maximum Gasteiger partial charge on any atom is 0.321 e. The maximum atomic E-state index is 12.2. The predicted molar refractivity (Wildman–Crippen MR) is 108 cm³/mol. The van der Waals surface area contributed by atoms with Gasteiger partial charge in [0.2, 0.25) is 0 Å². The lowest BCUT2D eigenvalue weighted by molar-refractivity contribution is 0.118. The van der Waals surface area contributed by atoms with E-state index in [9.17, 15) is 9.90 Å². The van der Waals surface area contributed by atoms with Gasteiger partial charge in [0.25, 0.3) is 0 Å². The normalized spacial score (nSPS) is 20.1. The van der Waals surface area contributed by atoms with Gasteiger partial charge in [0.1, 0.15) is 5.75 Å². The summed E-state index contributed by atoms with van der Waals surface area (Å²) in [6, 6.07) is 7.84. The summed E-state index contributed by atoms with van der Waals surface area (Å²) in [4.78, 5) is 16.9. The fraction of sp³-hybridized carbons (Fsp3) is 0.500. The average Bonchev–Trinajstić information content (AvgIpc) is 3.13. The molecule has 0 radical (unpaired) electrons. The number of aliphatic hydroxyl groups is 1. The molecular weight excluding hydrogens is 362 g/mol. The Morgan fingerprint density at radius 3 is 2.52 bits per heavy atom. The fourth-order valence-electron chi connectivity index (χ4n) is 3.31. The van der Waals surface area contributed by atoms with Crippen molar-refractivity contribution in [3.05, 3.63) is 40.9 Å². The minimum absolute atomic E-state index is 0.114. The van der Waals surface area contributed by atoms with Gasteiger partial charge in [-0.25, -0.2) is 9.78 Å². The second kappa shape index (κ2) is 8.27. The summed E-state index contributed by atoms with van der Waals surface area (Å²) in [5, 5.41) is 17.9. The van der Waals surface area contributed by atoms with Crippen molar-refractivity contribution in [2.75, 3.05) is 12.4 Å². The highest BCUT2D eigenvalue weighted by Gasteiger charge is 2.27. The third-order valence-corrected chi connectivity index (χ3v) is 5.97. The molecule has 3 N–H and O–H groups in total. The first-order valence-corrected chi connectivity index (χ1v) is 10.1. The number of anilines is 1. The highest BCUT2D eigenvalue weighted by molar-refractivity contribution is 7.13. The number of hydrogen-bond acceptors (Lipinski definition) is 5. The number of methoxy groups -OCH3 is 1. The van der Waals surface area contributed by atoms with Crippen molar-refractivity contribution < 1.29 is 14.6 Å². The fourth-order valence-corrected chi connectivity index (χ4v) is 4.19. The van der Waals surface area contributed by atoms with Crippen LogP contribution in [0.25, 0.3) is 0 Å². The van der Waals surface area contributed by atoms with E-state index in [-0.39, 0.29) is 23.6 Å². The van der Waals surface area contributed by atoms with Crippen molar-refractivity contribution in [1.82, 2.24) is 10.3 Å². The molecule has 6 nitrogen and oxygen atoms in total. The summed E-state index contributed by atoms with van der Waals surface area (Å²) in [6.45, 7) is 4.22. The van der Waals surface area contributed by atoms with Gasteiger partial charge in [0, 0.05) is 16.8 Å². The third kappa shape index (κ3) is 4.78. The van der Waals surface area contributed by atoms with Crippen LogP contribution in [0.4, 0.5) is 9.93 Å². The van der Waals surface area contributed by atoms with Gasteiger partial charge in [-0.2, -0.15) is 0 Å². The molecule has 1 aliphatic carbocycles. The largest absolute Gasteiger partial charge is 0.497 e. The summed E-state index contributed by atoms with van der Waals surface area (Å²) in [7, 11) is 1.65. The van der Waals surface area contributed by atoms with Crippen molar-refractivity contribution in [3.63, 3.8) is 0 Å². The lowest BCUT2D eigenvalue weighted by Gasteiger charge is -2.26. The summed E-state index contributed by atoms with van der Waals surface area (Å²) in [5.41, 5.74) is 1.76. The van der Waals surface area contributed by atoms with Crippen LogP contribution in [0.1, 0.15) is 50.8 Å². The van der Waals surface area contributed by atoms with E-state index in [1.807, 2.05) is 29.6 Å². The Morgan fingerprint density at radius 1 is 1.22 bits per heavy atom. The Kier molecular flexibility index (Phi) is 6.01. The van der Waals surface area contributed by atoms with Crippen LogP contribution in [0.2, 0.25) is 0 Å². The van der Waals surface area contributed by atoms with Crippen molar-refractivity contribution in [2.24, 2.45) is 0 Å². The van der Waals surface area contributed by atoms with Gasteiger partial charge in [0.15, 0.2) is 5.13 Å². The number of aromatic nitrogens is 1. The first-order chi connectivity index (χ1) is 12.9. The molecule has 7 heteroatoms. The van der Waals surface area contributed by atoms with Crippen LogP contribution < -0.4 is 15.4 Å². The zero-order valence-corrected chi connectivity index (χ0v) is 16.8. The molecule has 2 amide bonds. The van der Waals surface area contributed by atoms with Crippen molar-refractivity contribution >= 4 is 22.5 Å². The number of carbonyl (C=O) groups is 1. The number of nitrogens with zero attached hydrogens (tertiary/aromatic N) is 1. The topological polar surface area (TPSA) is 83.5 Å². The monoisotopic (exact) mass is 389 g/mol. The van der Waals surface area contributed by atoms with Crippen molar-refractivity contribution in [1.29, 1.82) is 0 Å². The van der Waals surface area contributed by atoms with Crippen LogP contribution in [0.15, 0.2) is 29.6 Å². The van der Waals surface area contributed by atoms with Crippen LogP contribution in [0.3, 0.4) is 0 Å². The van der Waals surface area contributed by atoms with E-state index >= 15 is 0 Å². The molecule has 0 atom stereocenters. The summed E-state index contributed by atoms with van der Waals surface area (Å²) in [6.07, 6.45) is 2.86. The average molecular weight is 390 g/mol. The molecule has 0 bridgehead atoms. The van der Waals surface area contributed by atoms with E-state index in [1.165, 1.54) is 11.3 Å². The lowest BCUT2D eigenvalue weighted by atomic mass is 9.82. The van der Waals surface area contributed by atoms with E-state index < -0.39 is 0 Å². The SMILES string of the molecule is COc1ccc(C(C)(C)c2csc(NC(=O)NC3CCC(O)CC3)n2)cc1. The highest BCUT2D eigenvalue weighted by atomic mass is 32.1. The second-order valence-electron chi connectivity index (χ2n) is 7.50. The van der Waals surface area contributed by atoms with E-state index in [0.29, 0.717) is 5.13 Å². The second-order valence-corrected chi connectivity index (χ2v) is 8.35. The molecule has 1 aromatic heterocycles. The molecule has 1 aromatic carbocycles. The minimum Gasteiger partial charge on any atom is -0.497 e. The summed E-state index contributed by atoms with van der Waals surface area (Å²) in [5.74, 6) is 0.821. The maximum absolute atomic E-state index is 12.2. The number of hydrogen-bond donors (Lipinski definition) is 3. The van der Waals surface area contributed by atoms with E-state index in [2.05, 4.69) is 29.5 Å². The molecule has 27 heavy (non-hydrogen) atoms. The molecule has 1 fully saturated rings. The van der Waals surface area contributed by atoms with Crippen LogP contribution in [0, 0.1) is 0 Å². The number of thiazole rings is 1. The van der Waals surface area contributed by atoms with Gasteiger partial charge in [-0.1, -0.05) is 26.0 Å². The standard InChI is InChI=1S/C20H27N3O3S/c1-20(2,13-4-10-16(26-3)11-5-13)17-12-27-19(22-17)23-18(25)21-14-6-8-15(24)9-7-14/h4-5,10-12,14-15,24H,6-9H2,1-3H3,(H2,21,22,23,25). The molecule has 0 aliphatic heterocycles. The molecule has 0 spiro atoms. The molecule has 0 unspecified atom stereocenters. The molecule has 1 heterocycles. The third-order valence-electron chi connectivity index (χ3n) is 5.21. The quantitative estimate of drug-likeness (QED) is 0.724. The first-order valence-electron chi connectivity index (χ1n) is 9.24. The number of nitrogens with one attached hydrogen (secondary N) is 2. The minimum atomic E-state index is -0.279. The molecule has 1 aliphatic rings. The molecule has 2 aromatic rings. The Hall–Kier alpha value is -2.12. The Morgan fingerprint density at radius 2 is 1.89 bits per heavy atom. The van der Waals surface area contributed by atoms with Crippen LogP contribution >= 0.6 is 11.3 Å². The molecule has 1 saturated carbocycles. The molecular formula is C20H27N3O3S. The zero-order chi connectivity index (χ0) is 19.4. The van der Waals surface area contributed by atoms with Gasteiger partial charge >= 0.3 is 6.03 Å². The lowest BCUT2D eigenvalue weighted by Crippen LogP contribution is -2.40. The molecule has 3 rings (SSSR count). The van der Waals surface area contributed by atoms with Gasteiger partial charge < -0.3 is 15.2 Å².